The van der Waals surface area contributed by atoms with Gasteiger partial charge in [0.05, 0.1) is 12.5 Å². The predicted molar refractivity (Wildman–Crippen MR) is 54.1 cm³/mol. The molecular formula is C10H11ClO4. The van der Waals surface area contributed by atoms with Crippen LogP contribution in [0.3, 0.4) is 0 Å². The normalized spacial score (nSPS) is 20.5. The third-order valence-electron chi connectivity index (χ3n) is 2.13. The highest BCUT2D eigenvalue weighted by atomic mass is 35.5. The lowest BCUT2D eigenvalue weighted by molar-refractivity contribution is -0.0407. The maximum atomic E-state index is 11.5. The number of hydrogen-bond donors (Lipinski definition) is 0. The van der Waals surface area contributed by atoms with Crippen molar-refractivity contribution < 1.29 is 13.9 Å². The second-order valence-electron chi connectivity index (χ2n) is 3.27. The quantitative estimate of drug-likeness (QED) is 0.744. The molecule has 0 saturated carbocycles. The molecule has 1 fully saturated rings. The zero-order chi connectivity index (χ0) is 10.7. The van der Waals surface area contributed by atoms with Crippen LogP contribution in [0.15, 0.2) is 21.5 Å². The van der Waals surface area contributed by atoms with Crippen molar-refractivity contribution in [3.05, 3.63) is 28.3 Å². The van der Waals surface area contributed by atoms with Gasteiger partial charge < -0.3 is 13.9 Å². The van der Waals surface area contributed by atoms with Crippen LogP contribution in [0.5, 0.6) is 5.75 Å². The molecule has 1 saturated heterocycles. The summed E-state index contributed by atoms with van der Waals surface area (Å²) < 4.78 is 15.7. The lowest BCUT2D eigenvalue weighted by Crippen LogP contribution is -2.18. The Morgan fingerprint density at radius 1 is 1.60 bits per heavy atom. The maximum Gasteiger partial charge on any atom is 0.227 e. The summed E-state index contributed by atoms with van der Waals surface area (Å²) in [7, 11) is 0. The smallest absolute Gasteiger partial charge is 0.227 e. The second kappa shape index (κ2) is 4.68. The van der Waals surface area contributed by atoms with E-state index in [2.05, 4.69) is 0 Å². The van der Waals surface area contributed by atoms with Crippen LogP contribution in [0.4, 0.5) is 0 Å². The van der Waals surface area contributed by atoms with Crippen LogP contribution in [0.2, 0.25) is 0 Å². The first kappa shape index (κ1) is 10.5. The topological polar surface area (TPSA) is 48.7 Å². The number of ether oxygens (including phenoxy) is 2. The Balaban J connectivity index is 2.11. The van der Waals surface area contributed by atoms with E-state index in [9.17, 15) is 4.79 Å². The molecule has 82 valence electrons. The van der Waals surface area contributed by atoms with Gasteiger partial charge in [-0.05, 0) is 6.42 Å². The Morgan fingerprint density at radius 2 is 2.47 bits per heavy atom. The summed E-state index contributed by atoms with van der Waals surface area (Å²) in [5.41, 5.74) is -0.229. The lowest BCUT2D eigenvalue weighted by Gasteiger charge is -2.11. The third-order valence-corrected chi connectivity index (χ3v) is 2.39. The summed E-state index contributed by atoms with van der Waals surface area (Å²) >= 11 is 5.52. The predicted octanol–water partition coefficient (Wildman–Crippen LogP) is 1.89. The SMILES string of the molecule is O=c1cc(CCl)occ1OC1CCCO1. The largest absolute Gasteiger partial charge is 0.464 e. The Hall–Kier alpha value is -1.00. The van der Waals surface area contributed by atoms with Crippen LogP contribution in [0.1, 0.15) is 18.6 Å². The fraction of sp³-hybridized carbons (Fsp3) is 0.500. The van der Waals surface area contributed by atoms with Crippen LogP contribution in [-0.4, -0.2) is 12.9 Å². The zero-order valence-corrected chi connectivity index (χ0v) is 8.83. The van der Waals surface area contributed by atoms with Crippen LogP contribution < -0.4 is 10.2 Å². The minimum Gasteiger partial charge on any atom is -0.464 e. The van der Waals surface area contributed by atoms with E-state index in [0.717, 1.165) is 12.8 Å². The molecule has 2 rings (SSSR count). The molecule has 1 unspecified atom stereocenters. The first-order valence-electron chi connectivity index (χ1n) is 4.75. The van der Waals surface area contributed by atoms with Crippen LogP contribution in [0, 0.1) is 0 Å². The van der Waals surface area contributed by atoms with Crippen molar-refractivity contribution in [1.82, 2.24) is 0 Å². The van der Waals surface area contributed by atoms with Crippen molar-refractivity contribution in [1.29, 1.82) is 0 Å². The van der Waals surface area contributed by atoms with Crippen molar-refractivity contribution in [2.45, 2.75) is 25.0 Å². The summed E-state index contributed by atoms with van der Waals surface area (Å²) in [6, 6.07) is 1.33. The fourth-order valence-electron chi connectivity index (χ4n) is 1.38. The molecule has 1 aliphatic rings. The molecule has 0 radical (unpaired) electrons. The second-order valence-corrected chi connectivity index (χ2v) is 3.54. The Morgan fingerprint density at radius 3 is 3.07 bits per heavy atom. The van der Waals surface area contributed by atoms with E-state index in [1.807, 2.05) is 0 Å². The van der Waals surface area contributed by atoms with Gasteiger partial charge in [0.1, 0.15) is 12.0 Å². The average Bonchev–Trinajstić information content (AvgIpc) is 2.74. The summed E-state index contributed by atoms with van der Waals surface area (Å²) in [5.74, 6) is 0.784. The molecule has 1 aromatic rings. The van der Waals surface area contributed by atoms with E-state index in [1.54, 1.807) is 0 Å². The Kier molecular flexibility index (Phi) is 3.28. The highest BCUT2D eigenvalue weighted by Crippen LogP contribution is 2.16. The molecule has 0 amide bonds. The van der Waals surface area contributed by atoms with Crippen LogP contribution >= 0.6 is 11.6 Å². The van der Waals surface area contributed by atoms with Crippen LogP contribution in [0.25, 0.3) is 0 Å². The van der Waals surface area contributed by atoms with Crippen molar-refractivity contribution in [2.75, 3.05) is 6.61 Å². The maximum absolute atomic E-state index is 11.5. The van der Waals surface area contributed by atoms with Gasteiger partial charge in [0.15, 0.2) is 6.29 Å². The number of halogens is 1. The number of rotatable bonds is 3. The van der Waals surface area contributed by atoms with Gasteiger partial charge in [0, 0.05) is 12.5 Å². The Bertz CT molecular complexity index is 381. The summed E-state index contributed by atoms with van der Waals surface area (Å²) in [4.78, 5) is 11.5. The van der Waals surface area contributed by atoms with Gasteiger partial charge in [-0.3, -0.25) is 4.79 Å². The van der Waals surface area contributed by atoms with E-state index in [0.29, 0.717) is 12.4 Å². The Labute approximate surface area is 91.7 Å². The number of alkyl halides is 1. The van der Waals surface area contributed by atoms with Gasteiger partial charge in [-0.2, -0.15) is 0 Å². The molecule has 0 aromatic carbocycles. The molecule has 0 bridgehead atoms. The molecule has 2 heterocycles. The van der Waals surface area contributed by atoms with Crippen molar-refractivity contribution in [3.8, 4) is 5.75 Å². The van der Waals surface area contributed by atoms with E-state index in [4.69, 9.17) is 25.5 Å². The molecule has 0 spiro atoms. The summed E-state index contributed by atoms with van der Waals surface area (Å²) in [5, 5.41) is 0. The zero-order valence-electron chi connectivity index (χ0n) is 8.07. The lowest BCUT2D eigenvalue weighted by atomic mass is 10.3. The molecule has 1 atom stereocenters. The van der Waals surface area contributed by atoms with E-state index in [-0.39, 0.29) is 23.3 Å². The molecule has 1 aromatic heterocycles. The highest BCUT2D eigenvalue weighted by molar-refractivity contribution is 6.16. The van der Waals surface area contributed by atoms with E-state index >= 15 is 0 Å². The molecule has 15 heavy (non-hydrogen) atoms. The minimum absolute atomic E-state index is 0.176. The van der Waals surface area contributed by atoms with Crippen molar-refractivity contribution >= 4 is 11.6 Å². The third kappa shape index (κ3) is 2.52. The average molecular weight is 231 g/mol. The minimum atomic E-state index is -0.324. The van der Waals surface area contributed by atoms with Crippen LogP contribution in [-0.2, 0) is 10.6 Å². The summed E-state index contributed by atoms with van der Waals surface area (Å²) in [6.45, 7) is 0.676. The number of hydrogen-bond acceptors (Lipinski definition) is 4. The van der Waals surface area contributed by atoms with Gasteiger partial charge in [-0.1, -0.05) is 0 Å². The molecule has 0 aliphatic carbocycles. The molecule has 4 nitrogen and oxygen atoms in total. The first-order valence-corrected chi connectivity index (χ1v) is 5.29. The monoisotopic (exact) mass is 230 g/mol. The van der Waals surface area contributed by atoms with Gasteiger partial charge in [-0.25, -0.2) is 0 Å². The fourth-order valence-corrected chi connectivity index (χ4v) is 1.52. The van der Waals surface area contributed by atoms with Gasteiger partial charge in [0.25, 0.3) is 0 Å². The molecular weight excluding hydrogens is 220 g/mol. The van der Waals surface area contributed by atoms with E-state index in [1.165, 1.54) is 12.3 Å². The molecule has 0 N–H and O–H groups in total. The standard InChI is InChI=1S/C10H11ClO4/c11-5-7-4-8(12)9(6-14-7)15-10-2-1-3-13-10/h4,6,10H,1-3,5H2. The van der Waals surface area contributed by atoms with E-state index < -0.39 is 0 Å². The van der Waals surface area contributed by atoms with Crippen molar-refractivity contribution in [3.63, 3.8) is 0 Å². The van der Waals surface area contributed by atoms with Gasteiger partial charge >= 0.3 is 0 Å². The molecule has 1 aliphatic heterocycles. The highest BCUT2D eigenvalue weighted by Gasteiger charge is 2.18. The summed E-state index contributed by atoms with van der Waals surface area (Å²) in [6.07, 6.45) is 2.71. The first-order chi connectivity index (χ1) is 7.29. The molecule has 5 heteroatoms. The van der Waals surface area contributed by atoms with Gasteiger partial charge in [0.2, 0.25) is 11.2 Å². The van der Waals surface area contributed by atoms with Crippen molar-refractivity contribution in [2.24, 2.45) is 0 Å². The van der Waals surface area contributed by atoms with Gasteiger partial charge in [-0.15, -0.1) is 11.6 Å².